The highest BCUT2D eigenvalue weighted by atomic mass is 16.4. The molecule has 1 aliphatic heterocycles. The lowest BCUT2D eigenvalue weighted by Crippen LogP contribution is -2.45. The minimum absolute atomic E-state index is 0.0900. The number of aryl methyl sites for hydroxylation is 2. The molecule has 1 fully saturated rings. The Morgan fingerprint density at radius 2 is 1.83 bits per heavy atom. The Hall–Kier alpha value is -2.41. The Morgan fingerprint density at radius 3 is 2.42 bits per heavy atom. The van der Waals surface area contributed by atoms with Crippen molar-refractivity contribution in [2.75, 3.05) is 25.0 Å². The van der Waals surface area contributed by atoms with E-state index in [1.165, 1.54) is 0 Å². The number of hydrogen-bond acceptors (Lipinski definition) is 4. The summed E-state index contributed by atoms with van der Waals surface area (Å²) < 4.78 is 0. The fourth-order valence-corrected chi connectivity index (χ4v) is 2.69. The fraction of sp³-hybridized carbons (Fsp3) is 0.471. The monoisotopic (exact) mass is 333 g/mol. The number of nitrogens with one attached hydrogen (secondary N) is 2. The third kappa shape index (κ3) is 5.06. The Balaban J connectivity index is 1.77. The standard InChI is InChI=1S/C17H23N3O4/c1-11-3-4-14(9-12(11)2)18-17(24)19-15(21)10-20-7-5-13(6-8-20)16(22)23/h3-4,9,13H,5-8,10H2,1-2H3,(H,22,23)(H2,18,19,21,24). The lowest BCUT2D eigenvalue weighted by molar-refractivity contribution is -0.143. The summed E-state index contributed by atoms with van der Waals surface area (Å²) in [5.74, 6) is -1.52. The molecule has 1 aromatic rings. The largest absolute Gasteiger partial charge is 0.481 e. The van der Waals surface area contributed by atoms with Crippen molar-refractivity contribution in [3.05, 3.63) is 29.3 Å². The Kier molecular flexibility index (Phi) is 5.92. The second kappa shape index (κ2) is 7.92. The number of urea groups is 1. The summed E-state index contributed by atoms with van der Waals surface area (Å²) in [5, 5.41) is 13.9. The van der Waals surface area contributed by atoms with Gasteiger partial charge in [-0.1, -0.05) is 6.07 Å². The number of carbonyl (C=O) groups excluding carboxylic acids is 2. The van der Waals surface area contributed by atoms with Crippen LogP contribution < -0.4 is 10.6 Å². The molecular weight excluding hydrogens is 310 g/mol. The number of likely N-dealkylation sites (tertiary alicyclic amines) is 1. The highest BCUT2D eigenvalue weighted by Gasteiger charge is 2.25. The van der Waals surface area contributed by atoms with Crippen LogP contribution in [0.3, 0.4) is 0 Å². The summed E-state index contributed by atoms with van der Waals surface area (Å²) in [6, 6.07) is 4.96. The molecule has 0 bridgehead atoms. The van der Waals surface area contributed by atoms with Gasteiger partial charge in [-0.15, -0.1) is 0 Å². The number of carbonyl (C=O) groups is 3. The highest BCUT2D eigenvalue weighted by Crippen LogP contribution is 2.17. The van der Waals surface area contributed by atoms with Crippen molar-refractivity contribution < 1.29 is 19.5 Å². The van der Waals surface area contributed by atoms with Gasteiger partial charge in [0, 0.05) is 5.69 Å². The van der Waals surface area contributed by atoms with Crippen molar-refractivity contribution in [1.29, 1.82) is 0 Å². The van der Waals surface area contributed by atoms with Gasteiger partial charge < -0.3 is 10.4 Å². The zero-order valence-electron chi connectivity index (χ0n) is 14.0. The maximum atomic E-state index is 11.9. The maximum absolute atomic E-state index is 11.9. The van der Waals surface area contributed by atoms with Gasteiger partial charge in [0.2, 0.25) is 5.91 Å². The molecule has 0 aliphatic carbocycles. The van der Waals surface area contributed by atoms with Crippen LogP contribution >= 0.6 is 0 Å². The summed E-state index contributed by atoms with van der Waals surface area (Å²) >= 11 is 0. The van der Waals surface area contributed by atoms with Gasteiger partial charge in [0.25, 0.3) is 0 Å². The maximum Gasteiger partial charge on any atom is 0.325 e. The Morgan fingerprint density at radius 1 is 1.17 bits per heavy atom. The minimum atomic E-state index is -0.785. The smallest absolute Gasteiger partial charge is 0.325 e. The van der Waals surface area contributed by atoms with Gasteiger partial charge in [0.1, 0.15) is 0 Å². The second-order valence-electron chi connectivity index (χ2n) is 6.19. The number of carboxylic acids is 1. The first kappa shape index (κ1) is 17.9. The number of rotatable bonds is 4. The van der Waals surface area contributed by atoms with E-state index in [9.17, 15) is 14.4 Å². The van der Waals surface area contributed by atoms with E-state index < -0.39 is 17.9 Å². The van der Waals surface area contributed by atoms with Crippen LogP contribution in [-0.4, -0.2) is 47.5 Å². The number of aliphatic carboxylic acids is 1. The topological polar surface area (TPSA) is 98.7 Å². The molecule has 7 nitrogen and oxygen atoms in total. The summed E-state index contributed by atoms with van der Waals surface area (Å²) in [7, 11) is 0. The average Bonchev–Trinajstić information content (AvgIpc) is 2.51. The predicted molar refractivity (Wildman–Crippen MR) is 89.9 cm³/mol. The molecule has 1 aliphatic rings. The van der Waals surface area contributed by atoms with Gasteiger partial charge in [-0.3, -0.25) is 19.8 Å². The molecule has 1 heterocycles. The molecule has 0 radical (unpaired) electrons. The van der Waals surface area contributed by atoms with E-state index in [0.717, 1.165) is 11.1 Å². The van der Waals surface area contributed by atoms with Gasteiger partial charge in [-0.25, -0.2) is 4.79 Å². The molecule has 7 heteroatoms. The van der Waals surface area contributed by atoms with E-state index in [4.69, 9.17) is 5.11 Å². The zero-order valence-corrected chi connectivity index (χ0v) is 14.0. The molecule has 3 N–H and O–H groups in total. The zero-order chi connectivity index (χ0) is 17.7. The number of benzene rings is 1. The van der Waals surface area contributed by atoms with Crippen molar-refractivity contribution >= 4 is 23.6 Å². The Labute approximate surface area is 141 Å². The molecule has 0 saturated carbocycles. The minimum Gasteiger partial charge on any atom is -0.481 e. The number of hydrogen-bond donors (Lipinski definition) is 3. The third-order valence-electron chi connectivity index (χ3n) is 4.32. The van der Waals surface area contributed by atoms with Gasteiger partial charge >= 0.3 is 12.0 Å². The van der Waals surface area contributed by atoms with E-state index in [2.05, 4.69) is 10.6 Å². The van der Waals surface area contributed by atoms with E-state index in [0.29, 0.717) is 31.6 Å². The van der Waals surface area contributed by atoms with Crippen LogP contribution in [0.25, 0.3) is 0 Å². The lowest BCUT2D eigenvalue weighted by atomic mass is 9.97. The van der Waals surface area contributed by atoms with E-state index in [1.807, 2.05) is 30.9 Å². The molecule has 130 valence electrons. The molecule has 0 unspecified atom stereocenters. The summed E-state index contributed by atoms with van der Waals surface area (Å²) in [5.41, 5.74) is 2.81. The summed E-state index contributed by atoms with van der Waals surface area (Å²) in [6.07, 6.45) is 1.05. The SMILES string of the molecule is Cc1ccc(NC(=O)NC(=O)CN2CCC(C(=O)O)CC2)cc1C. The summed E-state index contributed by atoms with van der Waals surface area (Å²) in [4.78, 5) is 36.5. The van der Waals surface area contributed by atoms with Crippen molar-refractivity contribution in [2.45, 2.75) is 26.7 Å². The van der Waals surface area contributed by atoms with Crippen LogP contribution in [0.4, 0.5) is 10.5 Å². The molecule has 0 atom stereocenters. The highest BCUT2D eigenvalue weighted by molar-refractivity contribution is 6.01. The second-order valence-corrected chi connectivity index (χ2v) is 6.19. The van der Waals surface area contributed by atoms with Gasteiger partial charge in [-0.05, 0) is 63.0 Å². The lowest BCUT2D eigenvalue weighted by Gasteiger charge is -2.29. The van der Waals surface area contributed by atoms with Crippen LogP contribution in [0.15, 0.2) is 18.2 Å². The number of imide groups is 1. The van der Waals surface area contributed by atoms with E-state index in [-0.39, 0.29) is 12.5 Å². The number of amides is 3. The third-order valence-corrected chi connectivity index (χ3v) is 4.32. The molecule has 2 rings (SSSR count). The van der Waals surface area contributed by atoms with Crippen molar-refractivity contribution in [1.82, 2.24) is 10.2 Å². The molecule has 0 spiro atoms. The molecule has 0 aromatic heterocycles. The predicted octanol–water partition coefficient (Wildman–Crippen LogP) is 1.75. The number of anilines is 1. The number of carboxylic acid groups (broad SMARTS) is 1. The molecule has 24 heavy (non-hydrogen) atoms. The van der Waals surface area contributed by atoms with Gasteiger partial charge in [0.05, 0.1) is 12.5 Å². The number of piperidine rings is 1. The van der Waals surface area contributed by atoms with Crippen LogP contribution in [-0.2, 0) is 9.59 Å². The molecule has 3 amide bonds. The average molecular weight is 333 g/mol. The van der Waals surface area contributed by atoms with Crippen LogP contribution in [0, 0.1) is 19.8 Å². The van der Waals surface area contributed by atoms with E-state index in [1.54, 1.807) is 6.07 Å². The molecular formula is C17H23N3O4. The normalized spacial score (nSPS) is 15.8. The first-order valence-electron chi connectivity index (χ1n) is 7.98. The molecule has 1 aromatic carbocycles. The van der Waals surface area contributed by atoms with E-state index >= 15 is 0 Å². The van der Waals surface area contributed by atoms with Crippen LogP contribution in [0.2, 0.25) is 0 Å². The van der Waals surface area contributed by atoms with Crippen LogP contribution in [0.1, 0.15) is 24.0 Å². The molecule has 1 saturated heterocycles. The van der Waals surface area contributed by atoms with Crippen LogP contribution in [0.5, 0.6) is 0 Å². The summed E-state index contributed by atoms with van der Waals surface area (Å²) in [6.45, 7) is 5.11. The van der Waals surface area contributed by atoms with Crippen molar-refractivity contribution in [3.8, 4) is 0 Å². The van der Waals surface area contributed by atoms with Gasteiger partial charge in [0.15, 0.2) is 0 Å². The van der Waals surface area contributed by atoms with Crippen molar-refractivity contribution in [2.24, 2.45) is 5.92 Å². The fourth-order valence-electron chi connectivity index (χ4n) is 2.69. The number of nitrogens with zero attached hydrogens (tertiary/aromatic N) is 1. The Bertz CT molecular complexity index is 637. The van der Waals surface area contributed by atoms with Crippen molar-refractivity contribution in [3.63, 3.8) is 0 Å². The first-order chi connectivity index (χ1) is 11.3. The quantitative estimate of drug-likeness (QED) is 0.780. The van der Waals surface area contributed by atoms with Gasteiger partial charge in [-0.2, -0.15) is 0 Å². The first-order valence-corrected chi connectivity index (χ1v) is 7.98.